The van der Waals surface area contributed by atoms with Crippen LogP contribution < -0.4 is 4.87 Å². The summed E-state index contributed by atoms with van der Waals surface area (Å²) in [6.45, 7) is 0. The van der Waals surface area contributed by atoms with E-state index in [9.17, 15) is 4.79 Å². The molecule has 0 aliphatic carbocycles. The van der Waals surface area contributed by atoms with Crippen LogP contribution in [-0.4, -0.2) is 15.0 Å². The van der Waals surface area contributed by atoms with Crippen LogP contribution in [0.1, 0.15) is 0 Å². The van der Waals surface area contributed by atoms with Crippen LogP contribution in [0.5, 0.6) is 0 Å². The van der Waals surface area contributed by atoms with Crippen LogP contribution in [0.25, 0.3) is 10.3 Å². The van der Waals surface area contributed by atoms with Gasteiger partial charge in [-0.2, -0.15) is 0 Å². The van der Waals surface area contributed by atoms with Crippen LogP contribution in [0, 0.1) is 0 Å². The second-order valence-corrected chi connectivity index (χ2v) is 2.76. The number of aromatic amines is 1. The van der Waals surface area contributed by atoms with Crippen molar-refractivity contribution < 1.29 is 0 Å². The molecule has 5 heteroatoms. The van der Waals surface area contributed by atoms with Crippen molar-refractivity contribution in [2.45, 2.75) is 0 Å². The summed E-state index contributed by atoms with van der Waals surface area (Å²) in [5.41, 5.74) is 0.616. The van der Waals surface area contributed by atoms with E-state index >= 15 is 0 Å². The van der Waals surface area contributed by atoms with Gasteiger partial charge in [0.2, 0.25) is 0 Å². The largest absolute Gasteiger partial charge is 0.306 e. The van der Waals surface area contributed by atoms with E-state index in [0.29, 0.717) is 5.65 Å². The van der Waals surface area contributed by atoms with Gasteiger partial charge in [0.25, 0.3) is 0 Å². The molecule has 0 atom stereocenters. The van der Waals surface area contributed by atoms with Gasteiger partial charge in [0, 0.05) is 6.20 Å². The molecule has 0 saturated carbocycles. The van der Waals surface area contributed by atoms with Crippen molar-refractivity contribution in [1.82, 2.24) is 15.0 Å². The van der Waals surface area contributed by atoms with E-state index in [0.717, 1.165) is 16.0 Å². The Labute approximate surface area is 59.6 Å². The normalized spacial score (nSPS) is 10.4. The van der Waals surface area contributed by atoms with E-state index in [-0.39, 0.29) is 4.87 Å². The summed E-state index contributed by atoms with van der Waals surface area (Å²) in [7, 11) is 0. The Hall–Kier alpha value is -1.23. The monoisotopic (exact) mass is 153 g/mol. The van der Waals surface area contributed by atoms with Gasteiger partial charge in [-0.05, 0) is 0 Å². The van der Waals surface area contributed by atoms with Gasteiger partial charge >= 0.3 is 4.87 Å². The maximum atomic E-state index is 10.7. The molecule has 0 fully saturated rings. The molecule has 0 saturated heterocycles. The van der Waals surface area contributed by atoms with Gasteiger partial charge in [-0.25, -0.2) is 9.97 Å². The van der Waals surface area contributed by atoms with Crippen molar-refractivity contribution in [2.75, 3.05) is 0 Å². The lowest BCUT2D eigenvalue weighted by atomic mass is 10.6. The average molecular weight is 153 g/mol. The Bertz CT molecular complexity index is 368. The van der Waals surface area contributed by atoms with Crippen molar-refractivity contribution in [3.05, 3.63) is 22.2 Å². The molecule has 0 unspecified atom stereocenters. The zero-order valence-electron chi connectivity index (χ0n) is 4.87. The molecule has 0 bridgehead atoms. The molecule has 0 radical (unpaired) electrons. The fourth-order valence-corrected chi connectivity index (χ4v) is 1.37. The fraction of sp³-hybridized carbons (Fsp3) is 0. The zero-order valence-corrected chi connectivity index (χ0v) is 5.68. The number of H-pyrrole nitrogens is 1. The minimum Gasteiger partial charge on any atom is -0.297 e. The SMILES string of the molecule is O=c1[nH]c2ncncc2s1. The number of hydrogen-bond acceptors (Lipinski definition) is 4. The van der Waals surface area contributed by atoms with Crippen LogP contribution in [-0.2, 0) is 0 Å². The maximum absolute atomic E-state index is 10.7. The number of aromatic nitrogens is 3. The molecule has 0 aliphatic heterocycles. The van der Waals surface area contributed by atoms with Crippen LogP contribution in [0.4, 0.5) is 0 Å². The highest BCUT2D eigenvalue weighted by Gasteiger charge is 1.96. The topological polar surface area (TPSA) is 58.6 Å². The summed E-state index contributed by atoms with van der Waals surface area (Å²) in [5, 5.41) is 0. The Kier molecular flexibility index (Phi) is 1.04. The van der Waals surface area contributed by atoms with Gasteiger partial charge in [0.05, 0.1) is 4.70 Å². The number of hydrogen-bond donors (Lipinski definition) is 1. The molecule has 2 rings (SSSR count). The van der Waals surface area contributed by atoms with Crippen LogP contribution in [0.2, 0.25) is 0 Å². The quantitative estimate of drug-likeness (QED) is 0.595. The van der Waals surface area contributed by atoms with Crippen molar-refractivity contribution in [2.24, 2.45) is 0 Å². The second-order valence-electron chi connectivity index (χ2n) is 1.75. The number of nitrogens with zero attached hydrogens (tertiary/aromatic N) is 2. The van der Waals surface area contributed by atoms with Crippen LogP contribution in [0.15, 0.2) is 17.3 Å². The minimum atomic E-state index is -0.0875. The van der Waals surface area contributed by atoms with Crippen molar-refractivity contribution in [3.63, 3.8) is 0 Å². The number of nitrogens with one attached hydrogen (secondary N) is 1. The first-order valence-corrected chi connectivity index (χ1v) is 3.47. The predicted molar refractivity (Wildman–Crippen MR) is 38.0 cm³/mol. The first-order valence-electron chi connectivity index (χ1n) is 2.65. The number of fused-ring (bicyclic) bond motifs is 1. The molecule has 2 aromatic heterocycles. The third-order valence-corrected chi connectivity index (χ3v) is 1.91. The van der Waals surface area contributed by atoms with E-state index in [4.69, 9.17) is 0 Å². The molecule has 2 aromatic rings. The molecule has 0 amide bonds. The van der Waals surface area contributed by atoms with Crippen molar-refractivity contribution >= 4 is 21.7 Å². The lowest BCUT2D eigenvalue weighted by molar-refractivity contribution is 1.19. The van der Waals surface area contributed by atoms with E-state index in [1.807, 2.05) is 0 Å². The summed E-state index contributed by atoms with van der Waals surface area (Å²) in [5.74, 6) is 0. The smallest absolute Gasteiger partial charge is 0.297 e. The summed E-state index contributed by atoms with van der Waals surface area (Å²) in [6.07, 6.45) is 3.02. The number of thiazole rings is 1. The minimum absolute atomic E-state index is 0.0875. The molecule has 0 spiro atoms. The highest BCUT2D eigenvalue weighted by Crippen LogP contribution is 2.07. The van der Waals surface area contributed by atoms with Gasteiger partial charge in [-0.3, -0.25) is 9.78 Å². The summed E-state index contributed by atoms with van der Waals surface area (Å²) >= 11 is 1.12. The lowest BCUT2D eigenvalue weighted by Gasteiger charge is -1.80. The summed E-state index contributed by atoms with van der Waals surface area (Å²) in [4.78, 5) is 20.8. The highest BCUT2D eigenvalue weighted by atomic mass is 32.1. The van der Waals surface area contributed by atoms with Crippen molar-refractivity contribution in [1.29, 1.82) is 0 Å². The molecule has 4 nitrogen and oxygen atoms in total. The third-order valence-electron chi connectivity index (χ3n) is 1.10. The van der Waals surface area contributed by atoms with Gasteiger partial charge in [-0.1, -0.05) is 11.3 Å². The Morgan fingerprint density at radius 3 is 3.30 bits per heavy atom. The lowest BCUT2D eigenvalue weighted by Crippen LogP contribution is -1.90. The molecular formula is C5H3N3OS. The van der Waals surface area contributed by atoms with Gasteiger partial charge in [0.1, 0.15) is 6.33 Å². The van der Waals surface area contributed by atoms with Crippen LogP contribution >= 0.6 is 11.3 Å². The zero-order chi connectivity index (χ0) is 6.97. The first-order chi connectivity index (χ1) is 4.86. The molecule has 0 aromatic carbocycles. The molecule has 10 heavy (non-hydrogen) atoms. The summed E-state index contributed by atoms with van der Waals surface area (Å²) < 4.78 is 0.799. The third kappa shape index (κ3) is 0.714. The average Bonchev–Trinajstić information content (AvgIpc) is 2.27. The first kappa shape index (κ1) is 5.55. The van der Waals surface area contributed by atoms with Gasteiger partial charge in [-0.15, -0.1) is 0 Å². The van der Waals surface area contributed by atoms with Crippen molar-refractivity contribution in [3.8, 4) is 0 Å². The molecule has 1 N–H and O–H groups in total. The fourth-order valence-electron chi connectivity index (χ4n) is 0.707. The Balaban J connectivity index is 3.01. The van der Waals surface area contributed by atoms with E-state index in [2.05, 4.69) is 15.0 Å². The van der Waals surface area contributed by atoms with Gasteiger partial charge in [0.15, 0.2) is 5.65 Å². The number of rotatable bonds is 0. The molecule has 0 aliphatic rings. The van der Waals surface area contributed by atoms with E-state index in [1.54, 1.807) is 6.20 Å². The maximum Gasteiger partial charge on any atom is 0.306 e. The highest BCUT2D eigenvalue weighted by molar-refractivity contribution is 7.16. The molecule has 2 heterocycles. The second kappa shape index (κ2) is 1.88. The summed E-state index contributed by atoms with van der Waals surface area (Å²) in [6, 6.07) is 0. The standard InChI is InChI=1S/C5H3N3OS/c9-5-8-4-3(10-5)1-6-2-7-4/h1-2H,(H,6,7,8,9). The van der Waals surface area contributed by atoms with E-state index in [1.165, 1.54) is 6.33 Å². The van der Waals surface area contributed by atoms with Crippen LogP contribution in [0.3, 0.4) is 0 Å². The predicted octanol–water partition coefficient (Wildman–Crippen LogP) is 0.380. The van der Waals surface area contributed by atoms with E-state index < -0.39 is 0 Å². The Morgan fingerprint density at radius 2 is 2.50 bits per heavy atom. The van der Waals surface area contributed by atoms with Gasteiger partial charge < -0.3 is 0 Å². The molecular weight excluding hydrogens is 150 g/mol. The Morgan fingerprint density at radius 1 is 1.60 bits per heavy atom. The molecule has 50 valence electrons.